The van der Waals surface area contributed by atoms with Crippen molar-refractivity contribution < 1.29 is 14.2 Å². The van der Waals surface area contributed by atoms with Gasteiger partial charge in [-0.25, -0.2) is 0 Å². The zero-order valence-electron chi connectivity index (χ0n) is 11.0. The molecule has 1 aliphatic carbocycles. The molecule has 0 spiro atoms. The van der Waals surface area contributed by atoms with Crippen LogP contribution in [0.3, 0.4) is 0 Å². The zero-order chi connectivity index (χ0) is 13.2. The van der Waals surface area contributed by atoms with Crippen LogP contribution in [-0.2, 0) is 4.74 Å². The highest BCUT2D eigenvalue weighted by molar-refractivity contribution is 8.00. The van der Waals surface area contributed by atoms with Crippen molar-refractivity contribution in [3.05, 3.63) is 42.2 Å². The average Bonchev–Trinajstić information content (AvgIpc) is 2.45. The lowest BCUT2D eigenvalue weighted by Gasteiger charge is -2.31. The second kappa shape index (κ2) is 5.21. The van der Waals surface area contributed by atoms with Gasteiger partial charge in [-0.15, -0.1) is 11.8 Å². The maximum absolute atomic E-state index is 6.00. The fraction of sp³-hybridized carbons (Fsp3) is 0.333. The summed E-state index contributed by atoms with van der Waals surface area (Å²) in [5.41, 5.74) is 0. The maximum Gasteiger partial charge on any atom is 0.134 e. The standard InChI is InChI=1S/C15H16O3S/c1-3-17-11-5-7-13-15(9-11)19-14-8-10(16-2)4-6-12(14)18-13/h4-9,12,14H,3H2,1-2H3. The summed E-state index contributed by atoms with van der Waals surface area (Å²) in [7, 11) is 1.69. The van der Waals surface area contributed by atoms with Gasteiger partial charge in [-0.2, -0.15) is 0 Å². The zero-order valence-corrected chi connectivity index (χ0v) is 11.8. The molecule has 0 bridgehead atoms. The highest BCUT2D eigenvalue weighted by Gasteiger charge is 2.30. The third kappa shape index (κ3) is 2.45. The minimum Gasteiger partial charge on any atom is -0.497 e. The van der Waals surface area contributed by atoms with Crippen LogP contribution in [0.15, 0.2) is 47.1 Å². The van der Waals surface area contributed by atoms with E-state index in [0.717, 1.165) is 22.2 Å². The number of fused-ring (bicyclic) bond motifs is 2. The van der Waals surface area contributed by atoms with E-state index in [2.05, 4.69) is 12.2 Å². The van der Waals surface area contributed by atoms with E-state index in [1.165, 1.54) is 0 Å². The molecule has 1 heterocycles. The molecule has 3 rings (SSSR count). The van der Waals surface area contributed by atoms with Gasteiger partial charge in [0.25, 0.3) is 0 Å². The van der Waals surface area contributed by atoms with E-state index in [4.69, 9.17) is 14.2 Å². The van der Waals surface area contributed by atoms with Crippen LogP contribution >= 0.6 is 11.8 Å². The third-order valence-corrected chi connectivity index (χ3v) is 4.34. The first-order valence-electron chi connectivity index (χ1n) is 6.34. The summed E-state index contributed by atoms with van der Waals surface area (Å²) < 4.78 is 16.8. The topological polar surface area (TPSA) is 27.7 Å². The highest BCUT2D eigenvalue weighted by Crippen LogP contribution is 2.43. The van der Waals surface area contributed by atoms with Gasteiger partial charge in [0, 0.05) is 0 Å². The van der Waals surface area contributed by atoms with Crippen LogP contribution in [0.25, 0.3) is 0 Å². The minimum atomic E-state index is 0.0781. The molecule has 2 aliphatic rings. The molecule has 1 aromatic rings. The molecule has 3 nitrogen and oxygen atoms in total. The lowest BCUT2D eigenvalue weighted by atomic mass is 10.1. The summed E-state index contributed by atoms with van der Waals surface area (Å²) in [5, 5.41) is 0.254. The molecule has 19 heavy (non-hydrogen) atoms. The van der Waals surface area contributed by atoms with Gasteiger partial charge in [0.2, 0.25) is 0 Å². The molecule has 0 amide bonds. The molecule has 1 aliphatic heterocycles. The molecule has 2 atom stereocenters. The molecule has 0 fully saturated rings. The van der Waals surface area contributed by atoms with Gasteiger partial charge in [-0.3, -0.25) is 0 Å². The average molecular weight is 276 g/mol. The molecular formula is C15H16O3S. The highest BCUT2D eigenvalue weighted by atomic mass is 32.2. The Morgan fingerprint density at radius 2 is 2.26 bits per heavy atom. The van der Waals surface area contributed by atoms with Crippen molar-refractivity contribution in [2.24, 2.45) is 0 Å². The molecule has 4 heteroatoms. The van der Waals surface area contributed by atoms with Crippen LogP contribution in [0.2, 0.25) is 0 Å². The van der Waals surface area contributed by atoms with E-state index < -0.39 is 0 Å². The quantitative estimate of drug-likeness (QED) is 0.845. The molecule has 0 N–H and O–H groups in total. The lowest BCUT2D eigenvalue weighted by Crippen LogP contribution is -2.31. The van der Waals surface area contributed by atoms with Crippen molar-refractivity contribution in [1.29, 1.82) is 0 Å². The number of hydrogen-bond donors (Lipinski definition) is 0. The summed E-state index contributed by atoms with van der Waals surface area (Å²) in [6.07, 6.45) is 6.19. The predicted octanol–water partition coefficient (Wildman–Crippen LogP) is 3.41. The SMILES string of the molecule is CCOc1ccc2c(c1)SC1C=C(OC)C=CC1O2. The second-order valence-corrected chi connectivity index (χ2v) is 5.56. The summed E-state index contributed by atoms with van der Waals surface area (Å²) in [6, 6.07) is 5.97. The number of ether oxygens (including phenoxy) is 3. The lowest BCUT2D eigenvalue weighted by molar-refractivity contribution is 0.233. The normalized spacial score (nSPS) is 23.8. The first-order valence-corrected chi connectivity index (χ1v) is 7.22. The fourth-order valence-electron chi connectivity index (χ4n) is 2.18. The van der Waals surface area contributed by atoms with Crippen molar-refractivity contribution in [2.45, 2.75) is 23.2 Å². The first kappa shape index (κ1) is 12.5. The number of benzene rings is 1. The van der Waals surface area contributed by atoms with E-state index in [1.807, 2.05) is 31.2 Å². The number of rotatable bonds is 3. The minimum absolute atomic E-state index is 0.0781. The Hall–Kier alpha value is -1.55. The van der Waals surface area contributed by atoms with Crippen molar-refractivity contribution >= 4 is 11.8 Å². The second-order valence-electron chi connectivity index (χ2n) is 4.34. The van der Waals surface area contributed by atoms with Crippen LogP contribution in [0.4, 0.5) is 0 Å². The smallest absolute Gasteiger partial charge is 0.134 e. The molecular weight excluding hydrogens is 260 g/mol. The first-order chi connectivity index (χ1) is 9.30. The molecule has 0 radical (unpaired) electrons. The largest absolute Gasteiger partial charge is 0.497 e. The molecule has 1 aromatic carbocycles. The molecule has 100 valence electrons. The molecule has 0 saturated carbocycles. The third-order valence-electron chi connectivity index (χ3n) is 3.09. The molecule has 0 saturated heterocycles. The summed E-state index contributed by atoms with van der Waals surface area (Å²) >= 11 is 1.79. The molecule has 0 aromatic heterocycles. The van der Waals surface area contributed by atoms with Crippen molar-refractivity contribution in [1.82, 2.24) is 0 Å². The van der Waals surface area contributed by atoms with Crippen LogP contribution in [0, 0.1) is 0 Å². The fourth-order valence-corrected chi connectivity index (χ4v) is 3.37. The van der Waals surface area contributed by atoms with Crippen molar-refractivity contribution in [3.63, 3.8) is 0 Å². The Kier molecular flexibility index (Phi) is 3.42. The van der Waals surface area contributed by atoms with Crippen LogP contribution < -0.4 is 9.47 Å². The van der Waals surface area contributed by atoms with Gasteiger partial charge < -0.3 is 14.2 Å². The van der Waals surface area contributed by atoms with E-state index in [1.54, 1.807) is 18.9 Å². The van der Waals surface area contributed by atoms with Crippen molar-refractivity contribution in [2.75, 3.05) is 13.7 Å². The Morgan fingerprint density at radius 3 is 3.05 bits per heavy atom. The van der Waals surface area contributed by atoms with Gasteiger partial charge in [-0.05, 0) is 43.4 Å². The number of hydrogen-bond acceptors (Lipinski definition) is 4. The molecule has 2 unspecified atom stereocenters. The Bertz CT molecular complexity index is 536. The van der Waals surface area contributed by atoms with Gasteiger partial charge in [0.05, 0.1) is 23.9 Å². The van der Waals surface area contributed by atoms with Crippen LogP contribution in [-0.4, -0.2) is 25.1 Å². The Balaban J connectivity index is 1.87. The maximum atomic E-state index is 6.00. The van der Waals surface area contributed by atoms with Gasteiger partial charge >= 0.3 is 0 Å². The monoisotopic (exact) mass is 276 g/mol. The predicted molar refractivity (Wildman–Crippen MR) is 75.9 cm³/mol. The van der Waals surface area contributed by atoms with E-state index in [-0.39, 0.29) is 11.4 Å². The summed E-state index contributed by atoms with van der Waals surface area (Å²) in [5.74, 6) is 2.70. The summed E-state index contributed by atoms with van der Waals surface area (Å²) in [4.78, 5) is 1.12. The van der Waals surface area contributed by atoms with Crippen LogP contribution in [0.5, 0.6) is 11.5 Å². The Labute approximate surface area is 117 Å². The summed E-state index contributed by atoms with van der Waals surface area (Å²) in [6.45, 7) is 2.66. The van der Waals surface area contributed by atoms with E-state index in [0.29, 0.717) is 6.61 Å². The van der Waals surface area contributed by atoms with E-state index in [9.17, 15) is 0 Å². The number of allylic oxidation sites excluding steroid dienone is 1. The van der Waals surface area contributed by atoms with Gasteiger partial charge in [0.1, 0.15) is 23.4 Å². The Morgan fingerprint density at radius 1 is 1.37 bits per heavy atom. The van der Waals surface area contributed by atoms with Crippen LogP contribution in [0.1, 0.15) is 6.92 Å². The van der Waals surface area contributed by atoms with E-state index >= 15 is 0 Å². The number of thioether (sulfide) groups is 1. The number of methoxy groups -OCH3 is 1. The van der Waals surface area contributed by atoms with Crippen molar-refractivity contribution in [3.8, 4) is 11.5 Å². The van der Waals surface area contributed by atoms with Gasteiger partial charge in [0.15, 0.2) is 0 Å². The van der Waals surface area contributed by atoms with Gasteiger partial charge in [-0.1, -0.05) is 0 Å².